The van der Waals surface area contributed by atoms with Crippen molar-refractivity contribution in [3.63, 3.8) is 0 Å². The van der Waals surface area contributed by atoms with Crippen molar-refractivity contribution in [2.75, 3.05) is 20.2 Å². The second-order valence-corrected chi connectivity index (χ2v) is 5.64. The largest absolute Gasteiger partial charge is 0.497 e. The van der Waals surface area contributed by atoms with Gasteiger partial charge in [0, 0.05) is 25.9 Å². The molecular weight excluding hydrogens is 280 g/mol. The number of nitrogens with zero attached hydrogens (tertiary/aromatic N) is 2. The Labute approximate surface area is 130 Å². The molecule has 0 saturated carbocycles. The number of rotatable bonds is 3. The molecule has 0 spiro atoms. The van der Waals surface area contributed by atoms with Crippen LogP contribution in [-0.4, -0.2) is 41.8 Å². The number of hydrogen-bond acceptors (Lipinski definition) is 3. The number of ether oxygens (including phenoxy) is 1. The van der Waals surface area contributed by atoms with Gasteiger partial charge in [-0.05, 0) is 30.2 Å². The average Bonchev–Trinajstić information content (AvgIpc) is 2.92. The molecule has 0 N–H and O–H groups in total. The summed E-state index contributed by atoms with van der Waals surface area (Å²) < 4.78 is 5.20. The molecule has 2 aliphatic heterocycles. The zero-order chi connectivity index (χ0) is 15.7. The van der Waals surface area contributed by atoms with Gasteiger partial charge < -0.3 is 14.5 Å². The van der Waals surface area contributed by atoms with Gasteiger partial charge in [0.1, 0.15) is 11.4 Å². The maximum Gasteiger partial charge on any atom is 0.248 e. The van der Waals surface area contributed by atoms with Crippen LogP contribution in [0.5, 0.6) is 5.75 Å². The summed E-state index contributed by atoms with van der Waals surface area (Å²) in [4.78, 5) is 28.3. The minimum absolute atomic E-state index is 0.109. The molecule has 3 rings (SSSR count). The number of fused-ring (bicyclic) bond motifs is 1. The molecule has 2 amide bonds. The summed E-state index contributed by atoms with van der Waals surface area (Å²) >= 11 is 0. The van der Waals surface area contributed by atoms with Gasteiger partial charge in [-0.1, -0.05) is 18.7 Å². The summed E-state index contributed by atoms with van der Waals surface area (Å²) in [7, 11) is 1.62. The van der Waals surface area contributed by atoms with Crippen molar-refractivity contribution in [1.29, 1.82) is 0 Å². The van der Waals surface area contributed by atoms with E-state index in [4.69, 9.17) is 4.74 Å². The molecule has 2 aliphatic rings. The highest BCUT2D eigenvalue weighted by Crippen LogP contribution is 2.45. The fourth-order valence-electron chi connectivity index (χ4n) is 3.64. The lowest BCUT2D eigenvalue weighted by Crippen LogP contribution is -2.61. The molecule has 1 unspecified atom stereocenters. The van der Waals surface area contributed by atoms with Crippen LogP contribution >= 0.6 is 0 Å². The third-order valence-electron chi connectivity index (χ3n) is 4.64. The van der Waals surface area contributed by atoms with E-state index in [0.29, 0.717) is 25.9 Å². The average molecular weight is 300 g/mol. The van der Waals surface area contributed by atoms with E-state index in [-0.39, 0.29) is 11.8 Å². The van der Waals surface area contributed by atoms with Gasteiger partial charge in [-0.25, -0.2) is 0 Å². The van der Waals surface area contributed by atoms with Gasteiger partial charge in [-0.15, -0.1) is 0 Å². The van der Waals surface area contributed by atoms with E-state index >= 15 is 0 Å². The Morgan fingerprint density at radius 1 is 1.32 bits per heavy atom. The van der Waals surface area contributed by atoms with Gasteiger partial charge in [0.15, 0.2) is 0 Å². The summed E-state index contributed by atoms with van der Waals surface area (Å²) in [6.45, 7) is 4.93. The summed E-state index contributed by atoms with van der Waals surface area (Å²) in [5.41, 5.74) is 0.279. The van der Waals surface area contributed by atoms with Crippen LogP contribution in [0.1, 0.15) is 24.8 Å². The lowest BCUT2D eigenvalue weighted by atomic mass is 9.91. The Morgan fingerprint density at radius 3 is 2.68 bits per heavy atom. The van der Waals surface area contributed by atoms with Gasteiger partial charge in [0.05, 0.1) is 7.11 Å². The Balaban J connectivity index is 2.10. The Bertz CT molecular complexity index is 611. The van der Waals surface area contributed by atoms with E-state index in [1.54, 1.807) is 12.0 Å². The standard InChI is InChI=1S/C17H20N2O3/c1-3-15(20)18-11-4-12-19-16(21)9-10-17(18,19)13-5-7-14(22-2)8-6-13/h3,5-8H,1,4,9-12H2,2H3. The highest BCUT2D eigenvalue weighted by atomic mass is 16.5. The van der Waals surface area contributed by atoms with Gasteiger partial charge in [-0.2, -0.15) is 0 Å². The van der Waals surface area contributed by atoms with Crippen molar-refractivity contribution in [1.82, 2.24) is 9.80 Å². The first kappa shape index (κ1) is 14.6. The van der Waals surface area contributed by atoms with Gasteiger partial charge in [0.2, 0.25) is 11.8 Å². The number of carbonyl (C=O) groups excluding carboxylic acids is 2. The second-order valence-electron chi connectivity index (χ2n) is 5.64. The first-order chi connectivity index (χ1) is 10.6. The molecule has 0 bridgehead atoms. The first-order valence-corrected chi connectivity index (χ1v) is 7.52. The van der Waals surface area contributed by atoms with Crippen LogP contribution < -0.4 is 4.74 Å². The number of carbonyl (C=O) groups is 2. The van der Waals surface area contributed by atoms with E-state index in [9.17, 15) is 9.59 Å². The Morgan fingerprint density at radius 2 is 2.05 bits per heavy atom. The van der Waals surface area contributed by atoms with E-state index in [1.165, 1.54) is 6.08 Å². The lowest BCUT2D eigenvalue weighted by Gasteiger charge is -2.50. The van der Waals surface area contributed by atoms with Crippen molar-refractivity contribution < 1.29 is 14.3 Å². The maximum absolute atomic E-state index is 12.4. The number of benzene rings is 1. The molecule has 5 heteroatoms. The highest BCUT2D eigenvalue weighted by molar-refractivity contribution is 5.89. The van der Waals surface area contributed by atoms with Crippen molar-refractivity contribution >= 4 is 11.8 Å². The van der Waals surface area contributed by atoms with Crippen LogP contribution in [0.15, 0.2) is 36.9 Å². The number of methoxy groups -OCH3 is 1. The van der Waals surface area contributed by atoms with Crippen LogP contribution in [0.25, 0.3) is 0 Å². The summed E-state index contributed by atoms with van der Waals surface area (Å²) in [5.74, 6) is 0.737. The first-order valence-electron chi connectivity index (χ1n) is 7.52. The fourth-order valence-corrected chi connectivity index (χ4v) is 3.64. The highest BCUT2D eigenvalue weighted by Gasteiger charge is 2.53. The van der Waals surface area contributed by atoms with Gasteiger partial charge >= 0.3 is 0 Å². The lowest BCUT2D eigenvalue weighted by molar-refractivity contribution is -0.155. The Hall–Kier alpha value is -2.30. The second kappa shape index (κ2) is 5.48. The Kier molecular flexibility index (Phi) is 3.64. The van der Waals surface area contributed by atoms with Gasteiger partial charge in [0.25, 0.3) is 0 Å². The molecule has 116 valence electrons. The van der Waals surface area contributed by atoms with Crippen LogP contribution in [0.2, 0.25) is 0 Å². The van der Waals surface area contributed by atoms with Crippen LogP contribution in [0.4, 0.5) is 0 Å². The predicted octanol–water partition coefficient (Wildman–Crippen LogP) is 1.89. The molecule has 1 atom stereocenters. The normalized spacial score (nSPS) is 24.1. The molecule has 2 saturated heterocycles. The fraction of sp³-hybridized carbons (Fsp3) is 0.412. The van der Waals surface area contributed by atoms with E-state index < -0.39 is 5.66 Å². The SMILES string of the molecule is C=CC(=O)N1CCCN2C(=O)CCC12c1ccc(OC)cc1. The molecule has 5 nitrogen and oxygen atoms in total. The third-order valence-corrected chi connectivity index (χ3v) is 4.64. The predicted molar refractivity (Wildman–Crippen MR) is 82.1 cm³/mol. The van der Waals surface area contributed by atoms with Crippen molar-refractivity contribution in [3.05, 3.63) is 42.5 Å². The van der Waals surface area contributed by atoms with Crippen LogP contribution in [-0.2, 0) is 15.3 Å². The molecule has 22 heavy (non-hydrogen) atoms. The topological polar surface area (TPSA) is 49.9 Å². The molecule has 0 aromatic heterocycles. The van der Waals surface area contributed by atoms with Gasteiger partial charge in [-0.3, -0.25) is 9.59 Å². The van der Waals surface area contributed by atoms with Crippen LogP contribution in [0, 0.1) is 0 Å². The quantitative estimate of drug-likeness (QED) is 0.801. The van der Waals surface area contributed by atoms with Crippen molar-refractivity contribution in [3.8, 4) is 5.75 Å². The maximum atomic E-state index is 12.4. The third kappa shape index (κ3) is 2.00. The number of hydrogen-bond donors (Lipinski definition) is 0. The minimum Gasteiger partial charge on any atom is -0.497 e. The summed E-state index contributed by atoms with van der Waals surface area (Å²) in [6.07, 6.45) is 3.21. The van der Waals surface area contributed by atoms with Crippen molar-refractivity contribution in [2.45, 2.75) is 24.9 Å². The minimum atomic E-state index is -0.674. The molecule has 1 aromatic rings. The molecule has 2 fully saturated rings. The van der Waals surface area contributed by atoms with Crippen LogP contribution in [0.3, 0.4) is 0 Å². The molecule has 1 aromatic carbocycles. The molecule has 0 aliphatic carbocycles. The zero-order valence-corrected chi connectivity index (χ0v) is 12.7. The molecular formula is C17H20N2O3. The van der Waals surface area contributed by atoms with E-state index in [2.05, 4.69) is 6.58 Å². The smallest absolute Gasteiger partial charge is 0.248 e. The van der Waals surface area contributed by atoms with E-state index in [1.807, 2.05) is 29.2 Å². The molecule has 0 radical (unpaired) electrons. The van der Waals surface area contributed by atoms with E-state index in [0.717, 1.165) is 17.7 Å². The molecule has 2 heterocycles. The summed E-state index contributed by atoms with van der Waals surface area (Å²) in [6, 6.07) is 7.63. The zero-order valence-electron chi connectivity index (χ0n) is 12.7. The summed E-state index contributed by atoms with van der Waals surface area (Å²) in [5, 5.41) is 0. The monoisotopic (exact) mass is 300 g/mol. The number of amides is 2. The van der Waals surface area contributed by atoms with Crippen molar-refractivity contribution in [2.24, 2.45) is 0 Å².